The summed E-state index contributed by atoms with van der Waals surface area (Å²) in [4.78, 5) is 4.32. The molecule has 0 radical (unpaired) electrons. The van der Waals surface area contributed by atoms with Crippen LogP contribution in [-0.4, -0.2) is 25.6 Å². The topological polar surface area (TPSA) is 62.4 Å². The van der Waals surface area contributed by atoms with Gasteiger partial charge < -0.3 is 16.4 Å². The van der Waals surface area contributed by atoms with Crippen molar-refractivity contribution < 1.29 is 0 Å². The molecule has 120 valence electrons. The van der Waals surface area contributed by atoms with Crippen LogP contribution in [0.4, 0.5) is 5.69 Å². The SMILES string of the molecule is CCCCCCNC(N)=NCCCNc1ccccc1.I. The van der Waals surface area contributed by atoms with Crippen LogP contribution in [0.3, 0.4) is 0 Å². The third kappa shape index (κ3) is 11.4. The Hall–Kier alpha value is -0.980. The van der Waals surface area contributed by atoms with Gasteiger partial charge in [0.25, 0.3) is 0 Å². The summed E-state index contributed by atoms with van der Waals surface area (Å²) in [5.74, 6) is 0.571. The lowest BCUT2D eigenvalue weighted by molar-refractivity contribution is 0.652. The molecule has 0 aliphatic carbocycles. The molecule has 0 saturated carbocycles. The van der Waals surface area contributed by atoms with Gasteiger partial charge in [-0.2, -0.15) is 0 Å². The van der Waals surface area contributed by atoms with Crippen molar-refractivity contribution in [2.75, 3.05) is 25.0 Å². The second-order valence-corrected chi connectivity index (χ2v) is 4.90. The molecule has 0 aromatic heterocycles. The van der Waals surface area contributed by atoms with Gasteiger partial charge in [-0.05, 0) is 25.0 Å². The molecule has 1 aromatic rings. The number of anilines is 1. The summed E-state index contributed by atoms with van der Waals surface area (Å²) in [5, 5.41) is 6.51. The molecule has 0 bridgehead atoms. The van der Waals surface area contributed by atoms with Crippen molar-refractivity contribution in [1.29, 1.82) is 0 Å². The number of para-hydroxylation sites is 1. The molecule has 0 fully saturated rings. The summed E-state index contributed by atoms with van der Waals surface area (Å²) >= 11 is 0. The first-order chi connectivity index (χ1) is 9.83. The largest absolute Gasteiger partial charge is 0.385 e. The molecule has 1 rings (SSSR count). The minimum atomic E-state index is 0. The molecular weight excluding hydrogens is 375 g/mol. The molecule has 1 aromatic carbocycles. The number of nitrogens with zero attached hydrogens (tertiary/aromatic N) is 1. The summed E-state index contributed by atoms with van der Waals surface area (Å²) in [6.07, 6.45) is 5.96. The molecule has 0 heterocycles. The van der Waals surface area contributed by atoms with Crippen LogP contribution >= 0.6 is 24.0 Å². The Morgan fingerprint density at radius 2 is 1.81 bits per heavy atom. The second kappa shape index (κ2) is 14.0. The maximum absolute atomic E-state index is 5.80. The van der Waals surface area contributed by atoms with Crippen molar-refractivity contribution in [3.8, 4) is 0 Å². The van der Waals surface area contributed by atoms with Gasteiger partial charge in [-0.25, -0.2) is 0 Å². The number of hydrogen-bond donors (Lipinski definition) is 3. The van der Waals surface area contributed by atoms with Gasteiger partial charge in [0.2, 0.25) is 0 Å². The number of guanidine groups is 1. The Morgan fingerprint density at radius 3 is 2.52 bits per heavy atom. The van der Waals surface area contributed by atoms with Crippen molar-refractivity contribution in [1.82, 2.24) is 5.32 Å². The van der Waals surface area contributed by atoms with Crippen LogP contribution in [-0.2, 0) is 0 Å². The minimum Gasteiger partial charge on any atom is -0.385 e. The molecule has 0 aliphatic rings. The summed E-state index contributed by atoms with van der Waals surface area (Å²) in [6, 6.07) is 10.2. The maximum Gasteiger partial charge on any atom is 0.188 e. The van der Waals surface area contributed by atoms with Crippen LogP contribution in [0.2, 0.25) is 0 Å². The Kier molecular flexibility index (Phi) is 13.3. The van der Waals surface area contributed by atoms with E-state index in [0.29, 0.717) is 5.96 Å². The zero-order valence-corrected chi connectivity index (χ0v) is 15.3. The van der Waals surface area contributed by atoms with Gasteiger partial charge in [-0.3, -0.25) is 4.99 Å². The van der Waals surface area contributed by atoms with Crippen LogP contribution in [0.15, 0.2) is 35.3 Å². The van der Waals surface area contributed by atoms with E-state index in [2.05, 4.69) is 34.7 Å². The molecule has 0 unspecified atom stereocenters. The summed E-state index contributed by atoms with van der Waals surface area (Å²) < 4.78 is 0. The standard InChI is InChI=1S/C16H28N4.HI/c1-2-3-4-8-12-19-16(17)20-14-9-13-18-15-10-6-5-7-11-15;/h5-7,10-11,18H,2-4,8-9,12-14H2,1H3,(H3,17,19,20);1H. The van der Waals surface area contributed by atoms with Gasteiger partial charge in [-0.15, -0.1) is 24.0 Å². The number of unbranched alkanes of at least 4 members (excludes halogenated alkanes) is 3. The number of nitrogens with one attached hydrogen (secondary N) is 2. The van der Waals surface area contributed by atoms with E-state index >= 15 is 0 Å². The highest BCUT2D eigenvalue weighted by atomic mass is 127. The number of hydrogen-bond acceptors (Lipinski definition) is 2. The van der Waals surface area contributed by atoms with E-state index in [1.165, 1.54) is 25.7 Å². The summed E-state index contributed by atoms with van der Waals surface area (Å²) in [6.45, 7) is 4.81. The van der Waals surface area contributed by atoms with E-state index in [9.17, 15) is 0 Å². The zero-order chi connectivity index (χ0) is 14.5. The minimum absolute atomic E-state index is 0. The number of rotatable bonds is 10. The van der Waals surface area contributed by atoms with Crippen molar-refractivity contribution in [3.05, 3.63) is 30.3 Å². The lowest BCUT2D eigenvalue weighted by Gasteiger charge is -2.06. The smallest absolute Gasteiger partial charge is 0.188 e. The van der Waals surface area contributed by atoms with Gasteiger partial charge in [0.05, 0.1) is 0 Å². The van der Waals surface area contributed by atoms with E-state index < -0.39 is 0 Å². The van der Waals surface area contributed by atoms with Crippen molar-refractivity contribution in [2.24, 2.45) is 10.7 Å². The molecule has 4 N–H and O–H groups in total. The van der Waals surface area contributed by atoms with Crippen LogP contribution in [0, 0.1) is 0 Å². The molecule has 0 amide bonds. The lowest BCUT2D eigenvalue weighted by Crippen LogP contribution is -2.32. The van der Waals surface area contributed by atoms with Crippen molar-refractivity contribution in [2.45, 2.75) is 39.0 Å². The second-order valence-electron chi connectivity index (χ2n) is 4.90. The quantitative estimate of drug-likeness (QED) is 0.242. The predicted octanol–water partition coefficient (Wildman–Crippen LogP) is 3.59. The Morgan fingerprint density at radius 1 is 1.05 bits per heavy atom. The van der Waals surface area contributed by atoms with Crippen LogP contribution in [0.25, 0.3) is 0 Å². The van der Waals surface area contributed by atoms with Gasteiger partial charge in [0.1, 0.15) is 0 Å². The number of aliphatic imine (C=N–C) groups is 1. The normalized spacial score (nSPS) is 10.8. The van der Waals surface area contributed by atoms with Crippen LogP contribution in [0.5, 0.6) is 0 Å². The highest BCUT2D eigenvalue weighted by Crippen LogP contribution is 2.04. The Bertz CT molecular complexity index is 368. The summed E-state index contributed by atoms with van der Waals surface area (Å²) in [5.41, 5.74) is 6.95. The third-order valence-corrected chi connectivity index (χ3v) is 3.06. The van der Waals surface area contributed by atoms with Gasteiger partial charge in [0, 0.05) is 25.3 Å². The first-order valence-corrected chi connectivity index (χ1v) is 7.65. The fourth-order valence-corrected chi connectivity index (χ4v) is 1.89. The highest BCUT2D eigenvalue weighted by Gasteiger charge is 1.93. The molecule has 0 aliphatic heterocycles. The molecule has 21 heavy (non-hydrogen) atoms. The monoisotopic (exact) mass is 404 g/mol. The Labute approximate surface area is 146 Å². The van der Waals surface area contributed by atoms with Crippen LogP contribution in [0.1, 0.15) is 39.0 Å². The van der Waals surface area contributed by atoms with Crippen LogP contribution < -0.4 is 16.4 Å². The predicted molar refractivity (Wildman–Crippen MR) is 104 cm³/mol. The van der Waals surface area contributed by atoms with E-state index in [1.54, 1.807) is 0 Å². The Balaban J connectivity index is 0.00000400. The van der Waals surface area contributed by atoms with Crippen molar-refractivity contribution >= 4 is 35.6 Å². The number of nitrogens with two attached hydrogens (primary N) is 1. The van der Waals surface area contributed by atoms with E-state index in [-0.39, 0.29) is 24.0 Å². The van der Waals surface area contributed by atoms with E-state index in [0.717, 1.165) is 31.7 Å². The number of benzene rings is 1. The fraction of sp³-hybridized carbons (Fsp3) is 0.562. The average molecular weight is 404 g/mol. The first kappa shape index (κ1) is 20.0. The summed E-state index contributed by atoms with van der Waals surface area (Å²) in [7, 11) is 0. The highest BCUT2D eigenvalue weighted by molar-refractivity contribution is 14.0. The fourth-order valence-electron chi connectivity index (χ4n) is 1.89. The van der Waals surface area contributed by atoms with Gasteiger partial charge in [-0.1, -0.05) is 44.4 Å². The van der Waals surface area contributed by atoms with E-state index in [1.807, 2.05) is 18.2 Å². The number of halogens is 1. The molecule has 0 saturated heterocycles. The molecule has 0 spiro atoms. The van der Waals surface area contributed by atoms with Crippen molar-refractivity contribution in [3.63, 3.8) is 0 Å². The van der Waals surface area contributed by atoms with E-state index in [4.69, 9.17) is 5.73 Å². The van der Waals surface area contributed by atoms with Gasteiger partial charge >= 0.3 is 0 Å². The van der Waals surface area contributed by atoms with Gasteiger partial charge in [0.15, 0.2) is 5.96 Å². The average Bonchev–Trinajstić information content (AvgIpc) is 2.48. The molecule has 4 nitrogen and oxygen atoms in total. The zero-order valence-electron chi connectivity index (χ0n) is 13.0. The lowest BCUT2D eigenvalue weighted by atomic mass is 10.2. The molecule has 0 atom stereocenters. The molecular formula is C16H29IN4. The maximum atomic E-state index is 5.80. The first-order valence-electron chi connectivity index (χ1n) is 7.65. The molecule has 5 heteroatoms. The third-order valence-electron chi connectivity index (χ3n) is 3.06.